The van der Waals surface area contributed by atoms with Crippen molar-refractivity contribution in [1.29, 1.82) is 0 Å². The largest absolute Gasteiger partial charge is 0.338 e. The Morgan fingerprint density at radius 1 is 0.850 bits per heavy atom. The highest BCUT2D eigenvalue weighted by atomic mass is 15.0. The van der Waals surface area contributed by atoms with E-state index in [1.165, 1.54) is 34.6 Å². The molecule has 3 rings (SSSR count). The lowest BCUT2D eigenvalue weighted by molar-refractivity contribution is 0.411. The smallest absolute Gasteiger partial charge is 0.0493 e. The van der Waals surface area contributed by atoms with Crippen LogP contribution in [0.1, 0.15) is 39.7 Å². The van der Waals surface area contributed by atoms with Crippen molar-refractivity contribution in [2.75, 3.05) is 0 Å². The third-order valence-corrected chi connectivity index (χ3v) is 4.50. The summed E-state index contributed by atoms with van der Waals surface area (Å²) < 4.78 is 2.52. The molecule has 20 heavy (non-hydrogen) atoms. The average molecular weight is 265 g/mol. The molecule has 0 aliphatic carbocycles. The van der Waals surface area contributed by atoms with E-state index in [1.807, 2.05) is 0 Å². The van der Waals surface area contributed by atoms with E-state index in [-0.39, 0.29) is 0 Å². The summed E-state index contributed by atoms with van der Waals surface area (Å²) in [7, 11) is 0. The summed E-state index contributed by atoms with van der Waals surface area (Å²) in [5.74, 6) is 0.768. The van der Waals surface area contributed by atoms with E-state index in [2.05, 4.69) is 73.9 Å². The normalized spacial score (nSPS) is 14.8. The molecule has 3 aromatic rings. The standard InChI is InChI=1S/C19H23N/c1-4-14(2)13-15(3)20-18-11-7-5-9-16(18)17-10-6-8-12-19(17)20/h5-12,14-15H,4,13H2,1-3H3. The minimum absolute atomic E-state index is 0.537. The number of fused-ring (bicyclic) bond motifs is 3. The number of rotatable bonds is 4. The molecular weight excluding hydrogens is 242 g/mol. The van der Waals surface area contributed by atoms with Crippen LogP contribution < -0.4 is 0 Å². The Bertz CT molecular complexity index is 670. The van der Waals surface area contributed by atoms with Gasteiger partial charge in [-0.3, -0.25) is 0 Å². The van der Waals surface area contributed by atoms with Crippen LogP contribution in [0.2, 0.25) is 0 Å². The molecular formula is C19H23N. The number of benzene rings is 2. The van der Waals surface area contributed by atoms with Gasteiger partial charge in [0, 0.05) is 27.8 Å². The summed E-state index contributed by atoms with van der Waals surface area (Å²) in [6.07, 6.45) is 2.49. The Hall–Kier alpha value is -1.76. The summed E-state index contributed by atoms with van der Waals surface area (Å²) in [4.78, 5) is 0. The minimum atomic E-state index is 0.537. The fourth-order valence-corrected chi connectivity index (χ4v) is 3.28. The zero-order chi connectivity index (χ0) is 14.1. The predicted molar refractivity (Wildman–Crippen MR) is 88.2 cm³/mol. The van der Waals surface area contributed by atoms with E-state index in [4.69, 9.17) is 0 Å². The van der Waals surface area contributed by atoms with Crippen molar-refractivity contribution in [1.82, 2.24) is 4.57 Å². The van der Waals surface area contributed by atoms with Crippen LogP contribution in [-0.4, -0.2) is 4.57 Å². The molecule has 1 nitrogen and oxygen atoms in total. The SMILES string of the molecule is CCC(C)CC(C)n1c2ccccc2c2ccccc21. The second-order valence-electron chi connectivity index (χ2n) is 6.00. The van der Waals surface area contributed by atoms with E-state index in [0.29, 0.717) is 6.04 Å². The Balaban J connectivity index is 2.21. The van der Waals surface area contributed by atoms with Crippen molar-refractivity contribution in [2.24, 2.45) is 5.92 Å². The van der Waals surface area contributed by atoms with Gasteiger partial charge in [-0.25, -0.2) is 0 Å². The Morgan fingerprint density at radius 3 is 1.85 bits per heavy atom. The number of aromatic nitrogens is 1. The topological polar surface area (TPSA) is 4.93 Å². The lowest BCUT2D eigenvalue weighted by atomic mass is 10.00. The predicted octanol–water partition coefficient (Wildman–Crippen LogP) is 5.79. The molecule has 1 aromatic heterocycles. The zero-order valence-electron chi connectivity index (χ0n) is 12.6. The molecule has 1 heterocycles. The molecule has 0 N–H and O–H groups in total. The van der Waals surface area contributed by atoms with Crippen LogP contribution in [0.4, 0.5) is 0 Å². The number of nitrogens with zero attached hydrogens (tertiary/aromatic N) is 1. The average Bonchev–Trinajstić information content (AvgIpc) is 2.81. The fraction of sp³-hybridized carbons (Fsp3) is 0.368. The van der Waals surface area contributed by atoms with Crippen LogP contribution in [0, 0.1) is 5.92 Å². The maximum Gasteiger partial charge on any atom is 0.0493 e. The molecule has 0 aliphatic heterocycles. The summed E-state index contributed by atoms with van der Waals surface area (Å²) in [5.41, 5.74) is 2.73. The second-order valence-corrected chi connectivity index (χ2v) is 6.00. The first kappa shape index (κ1) is 13.2. The Morgan fingerprint density at radius 2 is 1.35 bits per heavy atom. The van der Waals surface area contributed by atoms with Gasteiger partial charge in [0.05, 0.1) is 0 Å². The highest BCUT2D eigenvalue weighted by Gasteiger charge is 2.15. The highest BCUT2D eigenvalue weighted by molar-refractivity contribution is 6.08. The monoisotopic (exact) mass is 265 g/mol. The molecule has 104 valence electrons. The molecule has 2 aromatic carbocycles. The molecule has 2 atom stereocenters. The van der Waals surface area contributed by atoms with E-state index < -0.39 is 0 Å². The third-order valence-electron chi connectivity index (χ3n) is 4.50. The molecule has 0 radical (unpaired) electrons. The van der Waals surface area contributed by atoms with Gasteiger partial charge < -0.3 is 4.57 Å². The quantitative estimate of drug-likeness (QED) is 0.562. The first-order valence-electron chi connectivity index (χ1n) is 7.70. The fourth-order valence-electron chi connectivity index (χ4n) is 3.28. The van der Waals surface area contributed by atoms with Crippen molar-refractivity contribution in [2.45, 2.75) is 39.7 Å². The second kappa shape index (κ2) is 5.32. The molecule has 2 unspecified atom stereocenters. The number of hydrogen-bond donors (Lipinski definition) is 0. The summed E-state index contributed by atoms with van der Waals surface area (Å²) >= 11 is 0. The number of hydrogen-bond acceptors (Lipinski definition) is 0. The highest BCUT2D eigenvalue weighted by Crippen LogP contribution is 2.33. The minimum Gasteiger partial charge on any atom is -0.338 e. The molecule has 0 saturated heterocycles. The van der Waals surface area contributed by atoms with Crippen molar-refractivity contribution >= 4 is 21.8 Å². The van der Waals surface area contributed by atoms with Gasteiger partial charge >= 0.3 is 0 Å². The summed E-state index contributed by atoms with van der Waals surface area (Å²) in [5, 5.41) is 2.75. The van der Waals surface area contributed by atoms with Crippen LogP contribution in [-0.2, 0) is 0 Å². The summed E-state index contributed by atoms with van der Waals surface area (Å²) in [6, 6.07) is 18.1. The number of para-hydroxylation sites is 2. The molecule has 0 aliphatic rings. The van der Waals surface area contributed by atoms with Crippen LogP contribution in [0.15, 0.2) is 48.5 Å². The zero-order valence-corrected chi connectivity index (χ0v) is 12.6. The van der Waals surface area contributed by atoms with Gasteiger partial charge in [-0.05, 0) is 31.4 Å². The van der Waals surface area contributed by atoms with Gasteiger partial charge in [-0.1, -0.05) is 56.7 Å². The van der Waals surface area contributed by atoms with Crippen LogP contribution >= 0.6 is 0 Å². The molecule has 0 amide bonds. The Labute approximate surface area is 121 Å². The van der Waals surface area contributed by atoms with Gasteiger partial charge in [-0.2, -0.15) is 0 Å². The molecule has 0 bridgehead atoms. The maximum atomic E-state index is 2.52. The molecule has 0 saturated carbocycles. The first-order chi connectivity index (χ1) is 9.72. The molecule has 1 heteroatoms. The molecule has 0 spiro atoms. The van der Waals surface area contributed by atoms with Crippen molar-refractivity contribution in [3.8, 4) is 0 Å². The lowest BCUT2D eigenvalue weighted by Gasteiger charge is -2.20. The third kappa shape index (κ3) is 2.11. The van der Waals surface area contributed by atoms with Gasteiger partial charge in [-0.15, -0.1) is 0 Å². The first-order valence-corrected chi connectivity index (χ1v) is 7.70. The van der Waals surface area contributed by atoms with Crippen molar-refractivity contribution in [3.63, 3.8) is 0 Å². The summed E-state index contributed by atoms with van der Waals surface area (Å²) in [6.45, 7) is 6.98. The van der Waals surface area contributed by atoms with Crippen molar-refractivity contribution < 1.29 is 0 Å². The van der Waals surface area contributed by atoms with Crippen LogP contribution in [0.25, 0.3) is 21.8 Å². The van der Waals surface area contributed by atoms with E-state index in [1.54, 1.807) is 0 Å². The van der Waals surface area contributed by atoms with E-state index in [9.17, 15) is 0 Å². The lowest BCUT2D eigenvalue weighted by Crippen LogP contribution is -2.08. The van der Waals surface area contributed by atoms with Gasteiger partial charge in [0.15, 0.2) is 0 Å². The van der Waals surface area contributed by atoms with Crippen LogP contribution in [0.5, 0.6) is 0 Å². The van der Waals surface area contributed by atoms with Crippen LogP contribution in [0.3, 0.4) is 0 Å². The Kier molecular flexibility index (Phi) is 3.52. The van der Waals surface area contributed by atoms with Gasteiger partial charge in [0.25, 0.3) is 0 Å². The van der Waals surface area contributed by atoms with E-state index in [0.717, 1.165) is 5.92 Å². The maximum absolute atomic E-state index is 2.52. The van der Waals surface area contributed by atoms with Gasteiger partial charge in [0.2, 0.25) is 0 Å². The molecule has 0 fully saturated rings. The van der Waals surface area contributed by atoms with E-state index >= 15 is 0 Å². The van der Waals surface area contributed by atoms with Crippen molar-refractivity contribution in [3.05, 3.63) is 48.5 Å². The van der Waals surface area contributed by atoms with Gasteiger partial charge in [0.1, 0.15) is 0 Å².